The Kier molecular flexibility index (Phi) is 4.59. The van der Waals surface area contributed by atoms with E-state index in [1.165, 1.54) is 18.5 Å². The van der Waals surface area contributed by atoms with E-state index in [2.05, 4.69) is 10.3 Å². The van der Waals surface area contributed by atoms with E-state index in [0.29, 0.717) is 18.7 Å². The molecular weight excluding hydrogens is 222 g/mol. The van der Waals surface area contributed by atoms with Crippen molar-refractivity contribution in [2.24, 2.45) is 11.7 Å². The maximum Gasteiger partial charge on any atom is 0.337 e. The van der Waals surface area contributed by atoms with Crippen LogP contribution < -0.4 is 11.1 Å². The summed E-state index contributed by atoms with van der Waals surface area (Å²) in [5.74, 6) is -1.49. The second-order valence-corrected chi connectivity index (χ2v) is 3.74. The van der Waals surface area contributed by atoms with Crippen molar-refractivity contribution >= 4 is 17.6 Å². The molecule has 1 atom stereocenters. The lowest BCUT2D eigenvalue weighted by Gasteiger charge is -2.10. The predicted molar refractivity (Wildman–Crippen MR) is 62.7 cm³/mol. The SMILES string of the molecule is CC(CCN)C(=O)Nc1cncc(C(=O)O)c1. The van der Waals surface area contributed by atoms with Gasteiger partial charge in [-0.25, -0.2) is 4.79 Å². The smallest absolute Gasteiger partial charge is 0.337 e. The minimum Gasteiger partial charge on any atom is -0.478 e. The van der Waals surface area contributed by atoms with Gasteiger partial charge in [0.1, 0.15) is 0 Å². The topological polar surface area (TPSA) is 105 Å². The van der Waals surface area contributed by atoms with Gasteiger partial charge in [0, 0.05) is 12.1 Å². The van der Waals surface area contributed by atoms with Crippen LogP contribution in [0.4, 0.5) is 5.69 Å². The Hall–Kier alpha value is -1.95. The van der Waals surface area contributed by atoms with Crippen molar-refractivity contribution in [1.29, 1.82) is 0 Å². The molecule has 92 valence electrons. The molecule has 1 unspecified atom stereocenters. The minimum atomic E-state index is -1.08. The number of rotatable bonds is 5. The molecule has 1 heterocycles. The van der Waals surface area contributed by atoms with Crippen molar-refractivity contribution in [2.45, 2.75) is 13.3 Å². The molecule has 0 aliphatic carbocycles. The third-order valence-corrected chi connectivity index (χ3v) is 2.30. The van der Waals surface area contributed by atoms with Gasteiger partial charge < -0.3 is 16.2 Å². The molecule has 0 spiro atoms. The molecule has 17 heavy (non-hydrogen) atoms. The van der Waals surface area contributed by atoms with Gasteiger partial charge in [-0.15, -0.1) is 0 Å². The van der Waals surface area contributed by atoms with Crippen LogP contribution in [-0.4, -0.2) is 28.5 Å². The average molecular weight is 237 g/mol. The zero-order chi connectivity index (χ0) is 12.8. The Morgan fingerprint density at radius 3 is 2.82 bits per heavy atom. The maximum atomic E-state index is 11.6. The van der Waals surface area contributed by atoms with Crippen LogP contribution in [0, 0.1) is 5.92 Å². The number of hydrogen-bond acceptors (Lipinski definition) is 4. The summed E-state index contributed by atoms with van der Waals surface area (Å²) in [5, 5.41) is 11.4. The molecule has 6 heteroatoms. The van der Waals surface area contributed by atoms with E-state index in [-0.39, 0.29) is 17.4 Å². The van der Waals surface area contributed by atoms with Gasteiger partial charge in [-0.2, -0.15) is 0 Å². The fourth-order valence-corrected chi connectivity index (χ4v) is 1.27. The highest BCUT2D eigenvalue weighted by atomic mass is 16.4. The number of anilines is 1. The first-order valence-electron chi connectivity index (χ1n) is 5.24. The molecule has 6 nitrogen and oxygen atoms in total. The molecule has 1 aromatic heterocycles. The number of hydrogen-bond donors (Lipinski definition) is 3. The lowest BCUT2D eigenvalue weighted by atomic mass is 10.1. The number of carbonyl (C=O) groups is 2. The average Bonchev–Trinajstić information content (AvgIpc) is 2.29. The molecule has 0 fully saturated rings. The number of carboxylic acids is 1. The minimum absolute atomic E-state index is 0.0364. The quantitative estimate of drug-likeness (QED) is 0.699. The van der Waals surface area contributed by atoms with Gasteiger partial charge in [-0.1, -0.05) is 6.92 Å². The number of aromatic nitrogens is 1. The fraction of sp³-hybridized carbons (Fsp3) is 0.364. The van der Waals surface area contributed by atoms with E-state index < -0.39 is 5.97 Å². The number of pyridine rings is 1. The van der Waals surface area contributed by atoms with E-state index in [1.54, 1.807) is 6.92 Å². The second-order valence-electron chi connectivity index (χ2n) is 3.74. The summed E-state index contributed by atoms with van der Waals surface area (Å²) in [6.07, 6.45) is 3.21. The van der Waals surface area contributed by atoms with Crippen LogP contribution in [0.5, 0.6) is 0 Å². The van der Waals surface area contributed by atoms with E-state index in [0.717, 1.165) is 0 Å². The number of carboxylic acid groups (broad SMARTS) is 1. The lowest BCUT2D eigenvalue weighted by Crippen LogP contribution is -2.22. The Labute approximate surface area is 98.8 Å². The van der Waals surface area contributed by atoms with Crippen LogP contribution >= 0.6 is 0 Å². The van der Waals surface area contributed by atoms with Crippen LogP contribution in [-0.2, 0) is 4.79 Å². The molecule has 0 saturated carbocycles. The molecule has 0 aromatic carbocycles. The third-order valence-electron chi connectivity index (χ3n) is 2.30. The Morgan fingerprint density at radius 2 is 2.24 bits per heavy atom. The van der Waals surface area contributed by atoms with Gasteiger partial charge in [-0.05, 0) is 19.0 Å². The first-order valence-corrected chi connectivity index (χ1v) is 5.24. The monoisotopic (exact) mass is 237 g/mol. The standard InChI is InChI=1S/C11H15N3O3/c1-7(2-3-12)10(15)14-9-4-8(11(16)17)5-13-6-9/h4-7H,2-3,12H2,1H3,(H,14,15)(H,16,17). The zero-order valence-corrected chi connectivity index (χ0v) is 9.51. The van der Waals surface area contributed by atoms with Gasteiger partial charge in [0.25, 0.3) is 0 Å². The lowest BCUT2D eigenvalue weighted by molar-refractivity contribution is -0.119. The molecule has 0 bridgehead atoms. The van der Waals surface area contributed by atoms with Gasteiger partial charge in [0.2, 0.25) is 5.91 Å². The molecule has 0 aliphatic heterocycles. The van der Waals surface area contributed by atoms with Crippen LogP contribution in [0.25, 0.3) is 0 Å². The van der Waals surface area contributed by atoms with Crippen molar-refractivity contribution in [1.82, 2.24) is 4.98 Å². The second kappa shape index (κ2) is 5.95. The predicted octanol–water partition coefficient (Wildman–Crippen LogP) is 0.703. The summed E-state index contributed by atoms with van der Waals surface area (Å²) in [4.78, 5) is 26.1. The van der Waals surface area contributed by atoms with Crippen LogP contribution in [0.3, 0.4) is 0 Å². The first kappa shape index (κ1) is 13.1. The van der Waals surface area contributed by atoms with E-state index in [9.17, 15) is 9.59 Å². The van der Waals surface area contributed by atoms with E-state index in [4.69, 9.17) is 10.8 Å². The van der Waals surface area contributed by atoms with Crippen LogP contribution in [0.2, 0.25) is 0 Å². The Bertz CT molecular complexity index is 420. The molecular formula is C11H15N3O3. The van der Waals surface area contributed by atoms with Gasteiger partial charge in [0.05, 0.1) is 17.4 Å². The summed E-state index contributed by atoms with van der Waals surface area (Å²) < 4.78 is 0. The molecule has 0 radical (unpaired) electrons. The van der Waals surface area contributed by atoms with Gasteiger partial charge in [0.15, 0.2) is 0 Å². The molecule has 0 saturated heterocycles. The summed E-state index contributed by atoms with van der Waals surface area (Å²) in [6, 6.07) is 1.36. The maximum absolute atomic E-state index is 11.6. The van der Waals surface area contributed by atoms with Gasteiger partial charge >= 0.3 is 5.97 Å². The first-order chi connectivity index (χ1) is 8.04. The highest BCUT2D eigenvalue weighted by molar-refractivity contribution is 5.94. The highest BCUT2D eigenvalue weighted by Crippen LogP contribution is 2.11. The number of nitrogens with two attached hydrogens (primary N) is 1. The molecule has 1 aromatic rings. The number of nitrogens with one attached hydrogen (secondary N) is 1. The molecule has 4 N–H and O–H groups in total. The Balaban J connectivity index is 2.71. The third kappa shape index (κ3) is 3.84. The number of aromatic carboxylic acids is 1. The number of nitrogens with zero attached hydrogens (tertiary/aromatic N) is 1. The highest BCUT2D eigenvalue weighted by Gasteiger charge is 2.13. The summed E-state index contributed by atoms with van der Waals surface area (Å²) in [6.45, 7) is 2.19. The van der Waals surface area contributed by atoms with Gasteiger partial charge in [-0.3, -0.25) is 9.78 Å². The summed E-state index contributed by atoms with van der Waals surface area (Å²) in [5.41, 5.74) is 5.76. The molecule has 0 aliphatic rings. The number of amides is 1. The number of carbonyl (C=O) groups excluding carboxylic acids is 1. The summed E-state index contributed by atoms with van der Waals surface area (Å²) in [7, 11) is 0. The van der Waals surface area contributed by atoms with E-state index in [1.807, 2.05) is 0 Å². The van der Waals surface area contributed by atoms with Crippen molar-refractivity contribution in [3.8, 4) is 0 Å². The molecule has 1 rings (SSSR count). The molecule has 1 amide bonds. The fourth-order valence-electron chi connectivity index (χ4n) is 1.27. The van der Waals surface area contributed by atoms with E-state index >= 15 is 0 Å². The van der Waals surface area contributed by atoms with Crippen molar-refractivity contribution in [3.63, 3.8) is 0 Å². The van der Waals surface area contributed by atoms with Crippen molar-refractivity contribution in [2.75, 3.05) is 11.9 Å². The summed E-state index contributed by atoms with van der Waals surface area (Å²) >= 11 is 0. The zero-order valence-electron chi connectivity index (χ0n) is 9.51. The Morgan fingerprint density at radius 1 is 1.53 bits per heavy atom. The van der Waals surface area contributed by atoms with Crippen molar-refractivity contribution < 1.29 is 14.7 Å². The van der Waals surface area contributed by atoms with Crippen LogP contribution in [0.15, 0.2) is 18.5 Å². The van der Waals surface area contributed by atoms with Crippen molar-refractivity contribution in [3.05, 3.63) is 24.0 Å². The largest absolute Gasteiger partial charge is 0.478 e. The van der Waals surface area contributed by atoms with Crippen LogP contribution in [0.1, 0.15) is 23.7 Å². The normalized spacial score (nSPS) is 11.9.